The Balaban J connectivity index is 1.65. The lowest BCUT2D eigenvalue weighted by atomic mass is 10.3. The minimum Gasteiger partial charge on any atom is -0.379 e. The smallest absolute Gasteiger partial charge is 0.321 e. The highest BCUT2D eigenvalue weighted by atomic mass is 16.5. The van der Waals surface area contributed by atoms with Crippen molar-refractivity contribution < 1.29 is 19.1 Å². The number of piperazine rings is 1. The Kier molecular flexibility index (Phi) is 7.83. The Morgan fingerprint density at radius 3 is 2.24 bits per heavy atom. The van der Waals surface area contributed by atoms with Crippen LogP contribution in [0.1, 0.15) is 0 Å². The molecule has 4 amide bonds. The van der Waals surface area contributed by atoms with Crippen molar-refractivity contribution in [3.8, 4) is 0 Å². The summed E-state index contributed by atoms with van der Waals surface area (Å²) in [7, 11) is 0. The third-order valence-corrected chi connectivity index (χ3v) is 4.21. The fourth-order valence-electron chi connectivity index (χ4n) is 2.78. The molecular weight excluding hydrogens is 326 g/mol. The highest BCUT2D eigenvalue weighted by Gasteiger charge is 2.24. The Hall–Kier alpha value is -1.97. The lowest BCUT2D eigenvalue weighted by Gasteiger charge is -2.36. The van der Waals surface area contributed by atoms with Gasteiger partial charge in [-0.3, -0.25) is 24.7 Å². The first-order chi connectivity index (χ1) is 12.1. The Bertz CT molecular complexity index is 485. The molecule has 2 rings (SSSR count). The van der Waals surface area contributed by atoms with Crippen molar-refractivity contribution in [3.63, 3.8) is 0 Å². The van der Waals surface area contributed by atoms with Crippen LogP contribution in [0.4, 0.5) is 4.79 Å². The number of ether oxygens (including phenoxy) is 1. The average Bonchev–Trinajstić information content (AvgIpc) is 2.61. The van der Waals surface area contributed by atoms with Gasteiger partial charge in [0.2, 0.25) is 11.8 Å². The second-order valence-corrected chi connectivity index (χ2v) is 6.09. The molecule has 0 saturated carbocycles. The van der Waals surface area contributed by atoms with Crippen LogP contribution in [0.2, 0.25) is 0 Å². The van der Waals surface area contributed by atoms with E-state index < -0.39 is 6.03 Å². The van der Waals surface area contributed by atoms with Crippen LogP contribution in [0.25, 0.3) is 0 Å². The zero-order chi connectivity index (χ0) is 18.1. The van der Waals surface area contributed by atoms with E-state index >= 15 is 0 Å². The van der Waals surface area contributed by atoms with Crippen LogP contribution in [0.15, 0.2) is 12.7 Å². The number of imide groups is 1. The van der Waals surface area contributed by atoms with Crippen molar-refractivity contribution >= 4 is 17.8 Å². The minimum absolute atomic E-state index is 0.120. The quantitative estimate of drug-likeness (QED) is 0.563. The summed E-state index contributed by atoms with van der Waals surface area (Å²) in [5.74, 6) is -0.232. The van der Waals surface area contributed by atoms with E-state index in [0.29, 0.717) is 52.5 Å². The largest absolute Gasteiger partial charge is 0.379 e. The number of nitrogens with zero attached hydrogens (tertiary/aromatic N) is 3. The van der Waals surface area contributed by atoms with E-state index in [1.54, 1.807) is 0 Å². The molecule has 0 aliphatic carbocycles. The predicted molar refractivity (Wildman–Crippen MR) is 92.0 cm³/mol. The van der Waals surface area contributed by atoms with Crippen LogP contribution in [0.3, 0.4) is 0 Å². The third-order valence-electron chi connectivity index (χ3n) is 4.21. The van der Waals surface area contributed by atoms with Gasteiger partial charge in [-0.1, -0.05) is 6.08 Å². The number of rotatable bonds is 6. The van der Waals surface area contributed by atoms with Crippen molar-refractivity contribution in [2.45, 2.75) is 0 Å². The van der Waals surface area contributed by atoms with E-state index in [4.69, 9.17) is 4.74 Å². The van der Waals surface area contributed by atoms with E-state index in [0.717, 1.165) is 13.1 Å². The molecule has 2 aliphatic heterocycles. The maximum atomic E-state index is 12.3. The van der Waals surface area contributed by atoms with Gasteiger partial charge in [0.05, 0.1) is 26.3 Å². The molecule has 0 aromatic heterocycles. The van der Waals surface area contributed by atoms with Gasteiger partial charge in [0.25, 0.3) is 0 Å². The molecule has 0 spiro atoms. The summed E-state index contributed by atoms with van der Waals surface area (Å²) in [5, 5.41) is 4.76. The van der Waals surface area contributed by atoms with Crippen molar-refractivity contribution in [3.05, 3.63) is 12.7 Å². The second kappa shape index (κ2) is 10.1. The summed E-state index contributed by atoms with van der Waals surface area (Å²) in [4.78, 5) is 41.4. The maximum Gasteiger partial charge on any atom is 0.321 e. The van der Waals surface area contributed by atoms with Crippen LogP contribution >= 0.6 is 0 Å². The molecule has 0 atom stereocenters. The first-order valence-corrected chi connectivity index (χ1v) is 8.57. The predicted octanol–water partition coefficient (Wildman–Crippen LogP) is -1.53. The van der Waals surface area contributed by atoms with Crippen molar-refractivity contribution in [1.82, 2.24) is 25.3 Å². The van der Waals surface area contributed by atoms with E-state index in [1.165, 1.54) is 6.08 Å². The summed E-state index contributed by atoms with van der Waals surface area (Å²) >= 11 is 0. The Morgan fingerprint density at radius 1 is 0.960 bits per heavy atom. The van der Waals surface area contributed by atoms with Crippen molar-refractivity contribution in [1.29, 1.82) is 0 Å². The Morgan fingerprint density at radius 2 is 1.60 bits per heavy atom. The van der Waals surface area contributed by atoms with Crippen LogP contribution < -0.4 is 10.6 Å². The zero-order valence-corrected chi connectivity index (χ0v) is 14.5. The molecule has 9 heteroatoms. The van der Waals surface area contributed by atoms with Gasteiger partial charge in [-0.2, -0.15) is 0 Å². The standard InChI is InChI=1S/C16H27N5O4/c1-2-3-17-16(24)18-14(22)12-19-4-6-21(7-5-19)15(23)13-20-8-10-25-11-9-20/h2H,1,3-13H2,(H2,17,18,22,24). The number of amides is 4. The van der Waals surface area contributed by atoms with Crippen LogP contribution in [-0.2, 0) is 14.3 Å². The maximum absolute atomic E-state index is 12.3. The highest BCUT2D eigenvalue weighted by Crippen LogP contribution is 2.04. The summed E-state index contributed by atoms with van der Waals surface area (Å²) < 4.78 is 5.28. The summed E-state index contributed by atoms with van der Waals surface area (Å²) in [6, 6.07) is -0.524. The number of hydrogen-bond donors (Lipinski definition) is 2. The summed E-state index contributed by atoms with van der Waals surface area (Å²) in [5.41, 5.74) is 0. The van der Waals surface area contributed by atoms with Crippen LogP contribution in [0.5, 0.6) is 0 Å². The van der Waals surface area contributed by atoms with E-state index in [9.17, 15) is 14.4 Å². The topological polar surface area (TPSA) is 94.2 Å². The molecule has 0 aromatic rings. The minimum atomic E-state index is -0.524. The number of carbonyl (C=O) groups excluding carboxylic acids is 3. The van der Waals surface area contributed by atoms with Crippen molar-refractivity contribution in [2.75, 3.05) is 72.1 Å². The molecule has 0 radical (unpaired) electrons. The molecule has 2 N–H and O–H groups in total. The normalized spacial score (nSPS) is 19.3. The number of hydrogen-bond acceptors (Lipinski definition) is 6. The molecule has 2 aliphatic rings. The summed E-state index contributed by atoms with van der Waals surface area (Å²) in [6.45, 7) is 9.74. The lowest BCUT2D eigenvalue weighted by molar-refractivity contribution is -0.135. The van der Waals surface area contributed by atoms with Gasteiger partial charge in [0.15, 0.2) is 0 Å². The zero-order valence-electron chi connectivity index (χ0n) is 14.5. The molecule has 140 valence electrons. The molecule has 2 saturated heterocycles. The molecule has 0 unspecified atom stereocenters. The molecule has 0 aromatic carbocycles. The molecule has 2 fully saturated rings. The number of morpholine rings is 1. The SMILES string of the molecule is C=CCNC(=O)NC(=O)CN1CCN(C(=O)CN2CCOCC2)CC1. The second-order valence-electron chi connectivity index (χ2n) is 6.09. The summed E-state index contributed by atoms with van der Waals surface area (Å²) in [6.07, 6.45) is 1.54. The monoisotopic (exact) mass is 353 g/mol. The van der Waals surface area contributed by atoms with Gasteiger partial charge >= 0.3 is 6.03 Å². The van der Waals surface area contributed by atoms with Crippen molar-refractivity contribution in [2.24, 2.45) is 0 Å². The van der Waals surface area contributed by atoms with Gasteiger partial charge in [-0.25, -0.2) is 4.79 Å². The number of nitrogens with one attached hydrogen (secondary N) is 2. The lowest BCUT2D eigenvalue weighted by Crippen LogP contribution is -2.54. The molecule has 2 heterocycles. The van der Waals surface area contributed by atoms with Gasteiger partial charge in [-0.15, -0.1) is 6.58 Å². The first kappa shape index (κ1) is 19.4. The van der Waals surface area contributed by atoms with Crippen LogP contribution in [-0.4, -0.2) is 105 Å². The number of carbonyl (C=O) groups is 3. The third kappa shape index (κ3) is 6.81. The average molecular weight is 353 g/mol. The molecule has 9 nitrogen and oxygen atoms in total. The van der Waals surface area contributed by atoms with Crippen LogP contribution in [0, 0.1) is 0 Å². The van der Waals surface area contributed by atoms with Gasteiger partial charge in [-0.05, 0) is 0 Å². The molecular formula is C16H27N5O4. The highest BCUT2D eigenvalue weighted by molar-refractivity contribution is 5.95. The fraction of sp³-hybridized carbons (Fsp3) is 0.688. The van der Waals surface area contributed by atoms with Gasteiger partial charge < -0.3 is 15.0 Å². The van der Waals surface area contributed by atoms with Gasteiger partial charge in [0, 0.05) is 45.8 Å². The number of urea groups is 1. The Labute approximate surface area is 147 Å². The molecule has 0 bridgehead atoms. The van der Waals surface area contributed by atoms with Gasteiger partial charge in [0.1, 0.15) is 0 Å². The fourth-order valence-corrected chi connectivity index (χ4v) is 2.78. The van der Waals surface area contributed by atoms with E-state index in [2.05, 4.69) is 22.1 Å². The van der Waals surface area contributed by atoms with E-state index in [-0.39, 0.29) is 18.4 Å². The van der Waals surface area contributed by atoms with E-state index in [1.807, 2.05) is 9.80 Å². The first-order valence-electron chi connectivity index (χ1n) is 8.57. The molecule has 25 heavy (non-hydrogen) atoms.